The first-order chi connectivity index (χ1) is 7.93. The number of carbonyl (C=O) groups is 1. The molecule has 110 valence electrons. The van der Waals surface area contributed by atoms with Gasteiger partial charge < -0.3 is 16.8 Å². The number of rotatable bonds is 4. The van der Waals surface area contributed by atoms with Crippen molar-refractivity contribution in [3.05, 3.63) is 0 Å². The van der Waals surface area contributed by atoms with Gasteiger partial charge in [-0.1, -0.05) is 6.92 Å². The molecule has 0 aromatic rings. The number of nitrogens with one attached hydrogen (secondary N) is 2. The van der Waals surface area contributed by atoms with Gasteiger partial charge in [0, 0.05) is 6.54 Å². The minimum atomic E-state index is -2.42. The first kappa shape index (κ1) is 19.8. The first-order valence-electron chi connectivity index (χ1n) is 5.57. The van der Waals surface area contributed by atoms with Crippen molar-refractivity contribution in [2.45, 2.75) is 19.8 Å². The van der Waals surface area contributed by atoms with Gasteiger partial charge in [0.25, 0.3) is 0 Å². The predicted molar refractivity (Wildman–Crippen MR) is 74.1 cm³/mol. The maximum absolute atomic E-state index is 10.3. The second-order valence-electron chi connectivity index (χ2n) is 4.09. The zero-order valence-corrected chi connectivity index (χ0v) is 12.1. The van der Waals surface area contributed by atoms with Crippen LogP contribution in [0.15, 0.2) is 0 Å². The molecule has 1 heterocycles. The number of piperidine rings is 1. The molecule has 1 atom stereocenters. The van der Waals surface area contributed by atoms with E-state index < -0.39 is 16.9 Å². The smallest absolute Gasteiger partial charge is 0.309 e. The molecule has 1 aliphatic heterocycles. The lowest BCUT2D eigenvalue weighted by Gasteiger charge is -2.27. The molecular weight excluding hydrogens is 280 g/mol. The molecule has 2 amide bonds. The van der Waals surface area contributed by atoms with Gasteiger partial charge in [0.05, 0.1) is 0 Å². The maximum atomic E-state index is 10.3. The van der Waals surface area contributed by atoms with E-state index in [-0.39, 0.29) is 12.4 Å². The summed E-state index contributed by atoms with van der Waals surface area (Å²) in [4.78, 5) is 9.00. The molecule has 9 heteroatoms. The van der Waals surface area contributed by atoms with E-state index in [1.54, 1.807) is 0 Å². The van der Waals surface area contributed by atoms with Crippen molar-refractivity contribution >= 4 is 29.3 Å². The Morgan fingerprint density at radius 2 is 1.83 bits per heavy atom. The number of thiol groups is 1. The van der Waals surface area contributed by atoms with Gasteiger partial charge in [-0.05, 0) is 37.8 Å². The van der Waals surface area contributed by atoms with Crippen molar-refractivity contribution in [2.75, 3.05) is 19.6 Å². The van der Waals surface area contributed by atoms with Crippen LogP contribution in [-0.2, 0) is 10.9 Å². The van der Waals surface area contributed by atoms with E-state index >= 15 is 0 Å². The van der Waals surface area contributed by atoms with Crippen LogP contribution in [0.5, 0.6) is 0 Å². The van der Waals surface area contributed by atoms with Crippen molar-refractivity contribution in [2.24, 2.45) is 23.3 Å². The van der Waals surface area contributed by atoms with Gasteiger partial charge in [0.1, 0.15) is 0 Å². The summed E-state index contributed by atoms with van der Waals surface area (Å²) in [5.74, 6) is 1.12. The van der Waals surface area contributed by atoms with Crippen LogP contribution in [0.3, 0.4) is 0 Å². The fraction of sp³-hybridized carbons (Fsp3) is 0.889. The zero-order chi connectivity index (χ0) is 13.3. The fourth-order valence-corrected chi connectivity index (χ4v) is 2.24. The lowest BCUT2D eigenvalue weighted by molar-refractivity contribution is 0.256. The molecule has 0 aromatic heterocycles. The van der Waals surface area contributed by atoms with Gasteiger partial charge in [0.15, 0.2) is 0 Å². The Labute approximate surface area is 116 Å². The lowest BCUT2D eigenvalue weighted by Crippen LogP contribution is -2.34. The second kappa shape index (κ2) is 11.5. The largest absolute Gasteiger partial charge is 0.352 e. The van der Waals surface area contributed by atoms with Gasteiger partial charge >= 0.3 is 6.03 Å². The highest BCUT2D eigenvalue weighted by Gasteiger charge is 2.19. The molecule has 0 spiro atoms. The highest BCUT2D eigenvalue weighted by atomic mass is 35.5. The Morgan fingerprint density at radius 1 is 1.39 bits per heavy atom. The molecule has 0 bridgehead atoms. The summed E-state index contributed by atoms with van der Waals surface area (Å²) < 4.78 is 23.1. The highest BCUT2D eigenvalue weighted by Crippen LogP contribution is 2.20. The molecule has 0 radical (unpaired) electrons. The zero-order valence-electron chi connectivity index (χ0n) is 10.4. The topological polar surface area (TPSA) is 127 Å². The third-order valence-corrected chi connectivity index (χ3v) is 3.17. The van der Waals surface area contributed by atoms with Crippen molar-refractivity contribution in [3.63, 3.8) is 0 Å². The molecule has 7 nitrogen and oxygen atoms in total. The molecule has 1 saturated heterocycles. The SMILES string of the molecule is CC(CN[SH](=O)=O)C1CCNCC1.Cl.NC(N)=O. The van der Waals surface area contributed by atoms with E-state index in [2.05, 4.69) is 28.4 Å². The Balaban J connectivity index is 0. The van der Waals surface area contributed by atoms with E-state index in [1.807, 2.05) is 0 Å². The third-order valence-electron chi connectivity index (χ3n) is 2.73. The molecule has 0 aliphatic carbocycles. The summed E-state index contributed by atoms with van der Waals surface area (Å²) in [6.45, 7) is 4.84. The van der Waals surface area contributed by atoms with Crippen LogP contribution < -0.4 is 21.5 Å². The Morgan fingerprint density at radius 3 is 2.22 bits per heavy atom. The van der Waals surface area contributed by atoms with Gasteiger partial charge in [-0.2, -0.15) is 0 Å². The first-order valence-corrected chi connectivity index (χ1v) is 6.74. The number of halogens is 1. The van der Waals surface area contributed by atoms with Crippen molar-refractivity contribution in [1.82, 2.24) is 10.0 Å². The Hall–Kier alpha value is -0.570. The Kier molecular flexibility index (Phi) is 12.6. The van der Waals surface area contributed by atoms with Crippen LogP contribution in [0.25, 0.3) is 0 Å². The maximum Gasteiger partial charge on any atom is 0.309 e. The average Bonchev–Trinajstić information content (AvgIpc) is 2.26. The van der Waals surface area contributed by atoms with Crippen LogP contribution in [0.1, 0.15) is 19.8 Å². The van der Waals surface area contributed by atoms with E-state index in [4.69, 9.17) is 4.79 Å². The molecule has 6 N–H and O–H groups in total. The van der Waals surface area contributed by atoms with Gasteiger partial charge in [-0.15, -0.1) is 12.4 Å². The van der Waals surface area contributed by atoms with Crippen molar-refractivity contribution in [1.29, 1.82) is 0 Å². The van der Waals surface area contributed by atoms with E-state index in [1.165, 1.54) is 12.8 Å². The number of carbonyl (C=O) groups excluding carboxylic acids is 1. The van der Waals surface area contributed by atoms with Crippen LogP contribution in [0.2, 0.25) is 0 Å². The summed E-state index contributed by atoms with van der Waals surface area (Å²) in [5, 5.41) is 3.29. The number of nitrogens with two attached hydrogens (primary N) is 2. The van der Waals surface area contributed by atoms with E-state index in [9.17, 15) is 8.42 Å². The molecular formula is C9H23ClN4O3S. The summed E-state index contributed by atoms with van der Waals surface area (Å²) in [6.07, 6.45) is 2.33. The van der Waals surface area contributed by atoms with E-state index in [0.717, 1.165) is 13.1 Å². The minimum absolute atomic E-state index is 0. The van der Waals surface area contributed by atoms with Crippen LogP contribution in [0.4, 0.5) is 4.79 Å². The Bertz CT molecular complexity index is 284. The molecule has 1 aliphatic rings. The van der Waals surface area contributed by atoms with Gasteiger partial charge in [-0.3, -0.25) is 0 Å². The number of amides is 2. The van der Waals surface area contributed by atoms with Crippen molar-refractivity contribution in [3.8, 4) is 0 Å². The third kappa shape index (κ3) is 11.9. The fourth-order valence-electron chi connectivity index (χ4n) is 1.80. The van der Waals surface area contributed by atoms with Crippen LogP contribution >= 0.6 is 12.4 Å². The predicted octanol–water partition coefficient (Wildman–Crippen LogP) is -0.816. The second-order valence-corrected chi connectivity index (χ2v) is 4.92. The standard InChI is InChI=1S/C8H18N2O2S.CH4N2O.ClH/c1-7(6-10-13(11)12)8-2-4-9-5-3-8;2-1(3)4;/h7-9,13H,2-6H2,1H3,(H,10,11,12);(H4,2,3,4);1H. The van der Waals surface area contributed by atoms with Crippen LogP contribution in [0, 0.1) is 11.8 Å². The molecule has 1 unspecified atom stereocenters. The van der Waals surface area contributed by atoms with E-state index in [0.29, 0.717) is 18.4 Å². The number of hydrogen-bond donors (Lipinski definition) is 5. The van der Waals surface area contributed by atoms with Gasteiger partial charge in [0.2, 0.25) is 10.9 Å². The average molecular weight is 303 g/mol. The molecule has 1 rings (SSSR count). The van der Waals surface area contributed by atoms with Gasteiger partial charge in [-0.25, -0.2) is 17.9 Å². The molecule has 0 aromatic carbocycles. The quantitative estimate of drug-likeness (QED) is 0.435. The van der Waals surface area contributed by atoms with Crippen LogP contribution in [-0.4, -0.2) is 34.1 Å². The summed E-state index contributed by atoms with van der Waals surface area (Å²) in [6, 6.07) is -0.833. The number of primary amides is 2. The summed E-state index contributed by atoms with van der Waals surface area (Å²) in [5.41, 5.74) is 8.50. The monoisotopic (exact) mass is 302 g/mol. The highest BCUT2D eigenvalue weighted by molar-refractivity contribution is 7.70. The molecule has 18 heavy (non-hydrogen) atoms. The normalized spacial score (nSPS) is 17.2. The van der Waals surface area contributed by atoms with Crippen molar-refractivity contribution < 1.29 is 13.2 Å². The molecule has 0 saturated carbocycles. The minimum Gasteiger partial charge on any atom is -0.352 e. The number of urea groups is 1. The summed E-state index contributed by atoms with van der Waals surface area (Å²) >= 11 is 0. The summed E-state index contributed by atoms with van der Waals surface area (Å²) in [7, 11) is -2.42. The molecule has 1 fully saturated rings. The lowest BCUT2D eigenvalue weighted by atomic mass is 9.86. The number of hydrogen-bond acceptors (Lipinski definition) is 4.